The molecule has 0 N–H and O–H groups in total. The summed E-state index contributed by atoms with van der Waals surface area (Å²) in [6.45, 7) is 2.27. The minimum atomic E-state index is -1.04. The van der Waals surface area contributed by atoms with Gasteiger partial charge in [0.25, 0.3) is 5.91 Å². The SMILES string of the molecule is COc1ccc([C@@H]2Sc3cc(F)ccc3N(CCN(C)C)C(=O)[C@@H]2OC(C)=O)cc1. The molecule has 0 aromatic heterocycles. The summed E-state index contributed by atoms with van der Waals surface area (Å²) < 4.78 is 24.8. The van der Waals surface area contributed by atoms with Crippen LogP contribution in [0, 0.1) is 5.82 Å². The quantitative estimate of drug-likeness (QED) is 0.651. The van der Waals surface area contributed by atoms with Gasteiger partial charge in [-0.05, 0) is 50.0 Å². The maximum Gasteiger partial charge on any atom is 0.303 e. The van der Waals surface area contributed by atoms with Gasteiger partial charge in [0.2, 0.25) is 0 Å². The average molecular weight is 433 g/mol. The Balaban J connectivity index is 2.09. The van der Waals surface area contributed by atoms with E-state index >= 15 is 0 Å². The molecule has 160 valence electrons. The van der Waals surface area contributed by atoms with Crippen LogP contribution in [-0.4, -0.2) is 57.2 Å². The standard InChI is InChI=1S/C22H25FN2O4S/c1-14(26)29-20-21(15-5-8-17(28-4)9-6-15)30-19-13-16(23)7-10-18(19)25(22(20)27)12-11-24(2)3/h5-10,13,20-21H,11-12H2,1-4H3/t20-,21+/m1/s1. The summed E-state index contributed by atoms with van der Waals surface area (Å²) >= 11 is 1.32. The zero-order chi connectivity index (χ0) is 21.8. The number of hydrogen-bond donors (Lipinski definition) is 0. The molecule has 1 aliphatic rings. The molecule has 6 nitrogen and oxygen atoms in total. The molecule has 0 fully saturated rings. The largest absolute Gasteiger partial charge is 0.497 e. The Bertz CT molecular complexity index is 920. The topological polar surface area (TPSA) is 59.1 Å². The van der Waals surface area contributed by atoms with Crippen LogP contribution in [0.25, 0.3) is 0 Å². The third kappa shape index (κ3) is 4.94. The van der Waals surface area contributed by atoms with E-state index in [1.54, 1.807) is 30.2 Å². The molecule has 2 aromatic rings. The number of ether oxygens (including phenoxy) is 2. The van der Waals surface area contributed by atoms with Crippen LogP contribution >= 0.6 is 11.8 Å². The number of esters is 1. The number of hydrogen-bond acceptors (Lipinski definition) is 6. The number of methoxy groups -OCH3 is 1. The van der Waals surface area contributed by atoms with Gasteiger partial charge in [0, 0.05) is 24.9 Å². The van der Waals surface area contributed by atoms with E-state index in [0.29, 0.717) is 29.4 Å². The number of likely N-dealkylation sites (N-methyl/N-ethyl adjacent to an activating group) is 1. The van der Waals surface area contributed by atoms with Crippen molar-refractivity contribution < 1.29 is 23.5 Å². The average Bonchev–Trinajstić information content (AvgIpc) is 2.81. The van der Waals surface area contributed by atoms with Crippen LogP contribution < -0.4 is 9.64 Å². The van der Waals surface area contributed by atoms with Gasteiger partial charge in [-0.25, -0.2) is 4.39 Å². The third-order valence-electron chi connectivity index (χ3n) is 4.76. The van der Waals surface area contributed by atoms with Crippen LogP contribution in [0.2, 0.25) is 0 Å². The normalized spacial score (nSPS) is 18.7. The number of nitrogens with zero attached hydrogens (tertiary/aromatic N) is 2. The van der Waals surface area contributed by atoms with Gasteiger partial charge in [-0.2, -0.15) is 0 Å². The van der Waals surface area contributed by atoms with Gasteiger partial charge in [-0.1, -0.05) is 12.1 Å². The van der Waals surface area contributed by atoms with Gasteiger partial charge >= 0.3 is 5.97 Å². The van der Waals surface area contributed by atoms with Crippen LogP contribution in [0.4, 0.5) is 10.1 Å². The van der Waals surface area contributed by atoms with E-state index in [0.717, 1.165) is 5.56 Å². The molecule has 0 spiro atoms. The third-order valence-corrected chi connectivity index (χ3v) is 6.11. The molecule has 30 heavy (non-hydrogen) atoms. The van der Waals surface area contributed by atoms with Crippen molar-refractivity contribution in [1.82, 2.24) is 4.90 Å². The Morgan fingerprint density at radius 1 is 1.20 bits per heavy atom. The number of carbonyl (C=O) groups is 2. The number of amides is 1. The fourth-order valence-electron chi connectivity index (χ4n) is 3.26. The van der Waals surface area contributed by atoms with E-state index in [-0.39, 0.29) is 11.7 Å². The molecule has 0 bridgehead atoms. The van der Waals surface area contributed by atoms with Crippen molar-refractivity contribution in [2.24, 2.45) is 0 Å². The first kappa shape index (κ1) is 22.1. The Hall–Kier alpha value is -2.58. The summed E-state index contributed by atoms with van der Waals surface area (Å²) in [5.74, 6) is -0.588. The van der Waals surface area contributed by atoms with E-state index in [4.69, 9.17) is 9.47 Å². The molecule has 1 heterocycles. The molecule has 1 aliphatic heterocycles. The minimum Gasteiger partial charge on any atom is -0.497 e. The molecule has 0 aliphatic carbocycles. The van der Waals surface area contributed by atoms with Crippen molar-refractivity contribution in [3.05, 3.63) is 53.8 Å². The lowest BCUT2D eigenvalue weighted by atomic mass is 10.1. The van der Waals surface area contributed by atoms with Crippen LogP contribution in [0.5, 0.6) is 5.75 Å². The summed E-state index contributed by atoms with van der Waals surface area (Å²) in [7, 11) is 5.39. The second-order valence-electron chi connectivity index (χ2n) is 7.25. The Labute approximate surface area is 179 Å². The Kier molecular flexibility index (Phi) is 6.99. The van der Waals surface area contributed by atoms with E-state index in [1.807, 2.05) is 31.1 Å². The summed E-state index contributed by atoms with van der Waals surface area (Å²) in [5.41, 5.74) is 1.39. The summed E-state index contributed by atoms with van der Waals surface area (Å²) in [4.78, 5) is 29.6. The van der Waals surface area contributed by atoms with Crippen LogP contribution in [-0.2, 0) is 14.3 Å². The highest BCUT2D eigenvalue weighted by Crippen LogP contribution is 2.47. The molecular weight excluding hydrogens is 407 g/mol. The van der Waals surface area contributed by atoms with Gasteiger partial charge in [-0.3, -0.25) is 9.59 Å². The molecule has 0 radical (unpaired) electrons. The Morgan fingerprint density at radius 3 is 2.50 bits per heavy atom. The Morgan fingerprint density at radius 2 is 1.90 bits per heavy atom. The molecule has 0 unspecified atom stereocenters. The number of carbonyl (C=O) groups excluding carboxylic acids is 2. The van der Waals surface area contributed by atoms with Crippen molar-refractivity contribution in [2.45, 2.75) is 23.2 Å². The van der Waals surface area contributed by atoms with Crippen molar-refractivity contribution in [3.63, 3.8) is 0 Å². The predicted molar refractivity (Wildman–Crippen MR) is 114 cm³/mol. The molecule has 2 atom stereocenters. The minimum absolute atomic E-state index is 0.328. The lowest BCUT2D eigenvalue weighted by Crippen LogP contribution is -2.45. The fraction of sp³-hybridized carbons (Fsp3) is 0.364. The van der Waals surface area contributed by atoms with Crippen molar-refractivity contribution in [2.75, 3.05) is 39.2 Å². The number of anilines is 1. The molecule has 2 aromatic carbocycles. The molecule has 0 saturated heterocycles. The van der Waals surface area contributed by atoms with E-state index in [2.05, 4.69) is 0 Å². The smallest absolute Gasteiger partial charge is 0.303 e. The van der Waals surface area contributed by atoms with Gasteiger partial charge in [0.1, 0.15) is 11.6 Å². The second kappa shape index (κ2) is 9.49. The maximum atomic E-state index is 14.1. The summed E-state index contributed by atoms with van der Waals surface area (Å²) in [5, 5.41) is -0.530. The highest BCUT2D eigenvalue weighted by molar-refractivity contribution is 7.99. The predicted octanol–water partition coefficient (Wildman–Crippen LogP) is 3.51. The lowest BCUT2D eigenvalue weighted by molar-refractivity contribution is -0.152. The van der Waals surface area contributed by atoms with Gasteiger partial charge < -0.3 is 19.3 Å². The zero-order valence-corrected chi connectivity index (χ0v) is 18.2. The fourth-order valence-corrected chi connectivity index (χ4v) is 4.61. The second-order valence-corrected chi connectivity index (χ2v) is 8.43. The highest BCUT2D eigenvalue weighted by Gasteiger charge is 2.40. The van der Waals surface area contributed by atoms with Gasteiger partial charge in [0.15, 0.2) is 6.10 Å². The maximum absolute atomic E-state index is 14.1. The summed E-state index contributed by atoms with van der Waals surface area (Å²) in [6, 6.07) is 11.6. The first-order chi connectivity index (χ1) is 14.3. The summed E-state index contributed by atoms with van der Waals surface area (Å²) in [6.07, 6.45) is -1.04. The van der Waals surface area contributed by atoms with Crippen LogP contribution in [0.1, 0.15) is 17.7 Å². The first-order valence-electron chi connectivity index (χ1n) is 9.53. The van der Waals surface area contributed by atoms with Crippen molar-refractivity contribution in [1.29, 1.82) is 0 Å². The first-order valence-corrected chi connectivity index (χ1v) is 10.4. The van der Waals surface area contributed by atoms with E-state index in [1.165, 1.54) is 30.8 Å². The highest BCUT2D eigenvalue weighted by atomic mass is 32.2. The molecule has 3 rings (SSSR count). The molecule has 8 heteroatoms. The number of thioether (sulfide) groups is 1. The van der Waals surface area contributed by atoms with Crippen molar-refractivity contribution >= 4 is 29.3 Å². The number of halogens is 1. The van der Waals surface area contributed by atoms with E-state index < -0.39 is 17.3 Å². The van der Waals surface area contributed by atoms with Crippen molar-refractivity contribution in [3.8, 4) is 5.75 Å². The molecule has 1 amide bonds. The van der Waals surface area contributed by atoms with Gasteiger partial charge in [0.05, 0.1) is 18.0 Å². The van der Waals surface area contributed by atoms with Crippen LogP contribution in [0.15, 0.2) is 47.4 Å². The number of fused-ring (bicyclic) bond motifs is 1. The molecule has 0 saturated carbocycles. The number of rotatable bonds is 6. The molecular formula is C22H25FN2O4S. The zero-order valence-electron chi connectivity index (χ0n) is 17.4. The van der Waals surface area contributed by atoms with Gasteiger partial charge in [-0.15, -0.1) is 11.8 Å². The number of benzene rings is 2. The lowest BCUT2D eigenvalue weighted by Gasteiger charge is -2.28. The monoisotopic (exact) mass is 432 g/mol. The van der Waals surface area contributed by atoms with Crippen LogP contribution in [0.3, 0.4) is 0 Å². The van der Waals surface area contributed by atoms with E-state index in [9.17, 15) is 14.0 Å².